The van der Waals surface area contributed by atoms with Crippen LogP contribution in [0.2, 0.25) is 0 Å². The highest BCUT2D eigenvalue weighted by Crippen LogP contribution is 2.26. The topological polar surface area (TPSA) is 43.8 Å². The summed E-state index contributed by atoms with van der Waals surface area (Å²) >= 11 is 0. The van der Waals surface area contributed by atoms with Gasteiger partial charge in [-0.25, -0.2) is 22.2 Å². The number of aromatic nitrogens is 2. The van der Waals surface area contributed by atoms with Crippen LogP contribution in [0.1, 0.15) is 17.7 Å². The molecule has 0 unspecified atom stereocenters. The van der Waals surface area contributed by atoms with Crippen molar-refractivity contribution in [1.82, 2.24) is 9.78 Å². The van der Waals surface area contributed by atoms with E-state index in [0.29, 0.717) is 6.07 Å². The molecule has 1 heterocycles. The number of nitrogens with two attached hydrogens (primary N) is 1. The van der Waals surface area contributed by atoms with Crippen molar-refractivity contribution in [3.8, 4) is 5.69 Å². The second-order valence-electron chi connectivity index (χ2n) is 3.57. The second-order valence-corrected chi connectivity index (χ2v) is 3.57. The molecular formula is C11H9F4N3. The number of alkyl halides is 2. The van der Waals surface area contributed by atoms with Crippen LogP contribution >= 0.6 is 0 Å². The summed E-state index contributed by atoms with van der Waals surface area (Å²) in [6.07, 6.45) is -1.71. The summed E-state index contributed by atoms with van der Waals surface area (Å²) in [7, 11) is 0. The molecule has 0 fully saturated rings. The standard InChI is InChI=1S/C11H9F4N3/c12-7-1-2-9(8(13)3-7)18-10(11(14)15)6(4-16)5-17-18/h1-3,5,11H,4,16H2. The van der Waals surface area contributed by atoms with Crippen LogP contribution in [0, 0.1) is 11.6 Å². The van der Waals surface area contributed by atoms with Gasteiger partial charge in [-0.3, -0.25) is 0 Å². The molecule has 0 aliphatic heterocycles. The third-order valence-corrected chi connectivity index (χ3v) is 2.45. The number of benzene rings is 1. The molecule has 1 aromatic carbocycles. The first-order valence-electron chi connectivity index (χ1n) is 5.05. The normalized spacial score (nSPS) is 11.2. The Labute approximate surface area is 99.8 Å². The number of nitrogens with zero attached hydrogens (tertiary/aromatic N) is 2. The summed E-state index contributed by atoms with van der Waals surface area (Å²) in [6, 6.07) is 2.62. The second kappa shape index (κ2) is 4.77. The third kappa shape index (κ3) is 2.08. The molecule has 0 radical (unpaired) electrons. The number of halogens is 4. The van der Waals surface area contributed by atoms with Crippen molar-refractivity contribution < 1.29 is 17.6 Å². The summed E-state index contributed by atoms with van der Waals surface area (Å²) in [4.78, 5) is 0. The first kappa shape index (κ1) is 12.6. The molecule has 2 aromatic rings. The van der Waals surface area contributed by atoms with E-state index in [9.17, 15) is 17.6 Å². The highest BCUT2D eigenvalue weighted by molar-refractivity contribution is 5.37. The van der Waals surface area contributed by atoms with E-state index in [4.69, 9.17) is 5.73 Å². The van der Waals surface area contributed by atoms with Gasteiger partial charge in [-0.15, -0.1) is 0 Å². The molecule has 0 bridgehead atoms. The lowest BCUT2D eigenvalue weighted by Gasteiger charge is -2.09. The fourth-order valence-electron chi connectivity index (χ4n) is 1.63. The minimum Gasteiger partial charge on any atom is -0.326 e. The summed E-state index contributed by atoms with van der Waals surface area (Å²) < 4.78 is 52.8. The molecule has 2 N–H and O–H groups in total. The van der Waals surface area contributed by atoms with Crippen LogP contribution in [0.15, 0.2) is 24.4 Å². The Morgan fingerprint density at radius 1 is 1.28 bits per heavy atom. The summed E-state index contributed by atoms with van der Waals surface area (Å²) in [5.41, 5.74) is 4.69. The first-order valence-corrected chi connectivity index (χ1v) is 5.05. The molecule has 0 atom stereocenters. The fourth-order valence-corrected chi connectivity index (χ4v) is 1.63. The van der Waals surface area contributed by atoms with Crippen molar-refractivity contribution >= 4 is 0 Å². The monoisotopic (exact) mass is 259 g/mol. The molecule has 0 aliphatic carbocycles. The van der Waals surface area contributed by atoms with Crippen LogP contribution in [-0.2, 0) is 6.54 Å². The van der Waals surface area contributed by atoms with Gasteiger partial charge in [0.1, 0.15) is 17.2 Å². The minimum absolute atomic E-state index is 0.119. The van der Waals surface area contributed by atoms with Gasteiger partial charge in [0.25, 0.3) is 6.43 Å². The van der Waals surface area contributed by atoms with Gasteiger partial charge in [0.2, 0.25) is 0 Å². The van der Waals surface area contributed by atoms with Gasteiger partial charge in [0, 0.05) is 18.2 Å². The molecule has 3 nitrogen and oxygen atoms in total. The van der Waals surface area contributed by atoms with Crippen molar-refractivity contribution in [3.05, 3.63) is 47.3 Å². The zero-order chi connectivity index (χ0) is 13.3. The minimum atomic E-state index is -2.85. The third-order valence-electron chi connectivity index (χ3n) is 2.45. The molecule has 0 spiro atoms. The highest BCUT2D eigenvalue weighted by atomic mass is 19.3. The van der Waals surface area contributed by atoms with Gasteiger partial charge in [-0.05, 0) is 12.1 Å². The number of hydrogen-bond donors (Lipinski definition) is 1. The van der Waals surface area contributed by atoms with Gasteiger partial charge < -0.3 is 5.73 Å². The molecule has 0 amide bonds. The Balaban J connectivity index is 2.60. The van der Waals surface area contributed by atoms with E-state index in [0.717, 1.165) is 23.0 Å². The van der Waals surface area contributed by atoms with Gasteiger partial charge in [-0.1, -0.05) is 0 Å². The Hall–Kier alpha value is -1.89. The van der Waals surface area contributed by atoms with Crippen LogP contribution in [0.25, 0.3) is 5.69 Å². The Morgan fingerprint density at radius 3 is 2.56 bits per heavy atom. The van der Waals surface area contributed by atoms with E-state index in [2.05, 4.69) is 5.10 Å². The zero-order valence-electron chi connectivity index (χ0n) is 9.08. The summed E-state index contributed by atoms with van der Waals surface area (Å²) in [6.45, 7) is -0.136. The van der Waals surface area contributed by atoms with E-state index in [1.54, 1.807) is 0 Å². The number of hydrogen-bond acceptors (Lipinski definition) is 2. The van der Waals surface area contributed by atoms with Crippen LogP contribution in [0.5, 0.6) is 0 Å². The number of rotatable bonds is 3. The first-order chi connectivity index (χ1) is 8.54. The average molecular weight is 259 g/mol. The summed E-state index contributed by atoms with van der Waals surface area (Å²) in [5.74, 6) is -1.76. The van der Waals surface area contributed by atoms with Crippen molar-refractivity contribution in [2.45, 2.75) is 13.0 Å². The van der Waals surface area contributed by atoms with Gasteiger partial charge in [-0.2, -0.15) is 5.10 Å². The van der Waals surface area contributed by atoms with Gasteiger partial charge in [0.05, 0.1) is 6.20 Å². The van der Waals surface area contributed by atoms with Gasteiger partial charge in [0.15, 0.2) is 5.82 Å². The van der Waals surface area contributed by atoms with Gasteiger partial charge >= 0.3 is 0 Å². The average Bonchev–Trinajstić information content (AvgIpc) is 2.72. The van der Waals surface area contributed by atoms with Crippen molar-refractivity contribution in [3.63, 3.8) is 0 Å². The maximum atomic E-state index is 13.5. The van der Waals surface area contributed by atoms with Crippen molar-refractivity contribution in [2.75, 3.05) is 0 Å². The van der Waals surface area contributed by atoms with Crippen molar-refractivity contribution in [2.24, 2.45) is 5.73 Å². The fraction of sp³-hybridized carbons (Fsp3) is 0.182. The van der Waals surface area contributed by atoms with Crippen LogP contribution < -0.4 is 5.73 Å². The van der Waals surface area contributed by atoms with Crippen LogP contribution in [0.4, 0.5) is 17.6 Å². The molecular weight excluding hydrogens is 250 g/mol. The Bertz CT molecular complexity index is 565. The quantitative estimate of drug-likeness (QED) is 0.861. The Kier molecular flexibility index (Phi) is 3.33. The molecule has 18 heavy (non-hydrogen) atoms. The predicted octanol–water partition coefficient (Wildman–Crippen LogP) is 2.55. The van der Waals surface area contributed by atoms with Crippen LogP contribution in [-0.4, -0.2) is 9.78 Å². The van der Waals surface area contributed by atoms with Crippen LogP contribution in [0.3, 0.4) is 0 Å². The Morgan fingerprint density at radius 2 is 2.00 bits per heavy atom. The van der Waals surface area contributed by atoms with E-state index in [-0.39, 0.29) is 17.8 Å². The lowest BCUT2D eigenvalue weighted by molar-refractivity contribution is 0.141. The molecule has 7 heteroatoms. The smallest absolute Gasteiger partial charge is 0.280 e. The van der Waals surface area contributed by atoms with E-state index < -0.39 is 23.8 Å². The maximum Gasteiger partial charge on any atom is 0.280 e. The molecule has 96 valence electrons. The SMILES string of the molecule is NCc1cnn(-c2ccc(F)cc2F)c1C(F)F. The molecule has 0 saturated carbocycles. The highest BCUT2D eigenvalue weighted by Gasteiger charge is 2.21. The maximum absolute atomic E-state index is 13.5. The predicted molar refractivity (Wildman–Crippen MR) is 56.3 cm³/mol. The van der Waals surface area contributed by atoms with E-state index in [1.807, 2.05) is 0 Å². The van der Waals surface area contributed by atoms with Crippen molar-refractivity contribution in [1.29, 1.82) is 0 Å². The largest absolute Gasteiger partial charge is 0.326 e. The zero-order valence-corrected chi connectivity index (χ0v) is 9.08. The molecule has 2 rings (SSSR count). The van der Waals surface area contributed by atoms with E-state index >= 15 is 0 Å². The lowest BCUT2D eigenvalue weighted by Crippen LogP contribution is -2.08. The molecule has 0 saturated heterocycles. The van der Waals surface area contributed by atoms with E-state index in [1.165, 1.54) is 0 Å². The summed E-state index contributed by atoms with van der Waals surface area (Å²) in [5, 5.41) is 3.66. The molecule has 1 aromatic heterocycles. The molecule has 0 aliphatic rings. The lowest BCUT2D eigenvalue weighted by atomic mass is 10.2.